The Morgan fingerprint density at radius 1 is 1.29 bits per heavy atom. The SMILES string of the molecule is CC[C@H]1CCCCCN1C(=O)C[C@@H](N)C1CC1. The molecule has 0 aromatic carbocycles. The zero-order valence-electron chi connectivity index (χ0n) is 11.0. The lowest BCUT2D eigenvalue weighted by molar-refractivity contribution is -0.134. The number of likely N-dealkylation sites (tertiary alicyclic amines) is 1. The lowest BCUT2D eigenvalue weighted by Crippen LogP contribution is -2.42. The number of carbonyl (C=O) groups is 1. The first-order valence-corrected chi connectivity index (χ1v) is 7.27. The summed E-state index contributed by atoms with van der Waals surface area (Å²) in [7, 11) is 0. The van der Waals surface area contributed by atoms with E-state index in [4.69, 9.17) is 5.73 Å². The molecule has 2 rings (SSSR count). The highest BCUT2D eigenvalue weighted by molar-refractivity contribution is 5.77. The van der Waals surface area contributed by atoms with E-state index in [9.17, 15) is 4.79 Å². The van der Waals surface area contributed by atoms with E-state index in [1.807, 2.05) is 0 Å². The third kappa shape index (κ3) is 3.44. The van der Waals surface area contributed by atoms with E-state index in [2.05, 4.69) is 11.8 Å². The molecule has 2 aliphatic rings. The standard InChI is InChI=1S/C14H26N2O/c1-2-12-6-4-3-5-9-16(12)14(17)10-13(15)11-7-8-11/h11-13H,2-10,15H2,1H3/t12-,13+/m0/s1. The fourth-order valence-electron chi connectivity index (χ4n) is 2.94. The fraction of sp³-hybridized carbons (Fsp3) is 0.929. The zero-order chi connectivity index (χ0) is 12.3. The lowest BCUT2D eigenvalue weighted by Gasteiger charge is -2.30. The molecular weight excluding hydrogens is 212 g/mol. The molecule has 0 radical (unpaired) electrons. The summed E-state index contributed by atoms with van der Waals surface area (Å²) in [6, 6.07) is 0.583. The van der Waals surface area contributed by atoms with Crippen molar-refractivity contribution in [3.05, 3.63) is 0 Å². The van der Waals surface area contributed by atoms with Crippen LogP contribution in [-0.2, 0) is 4.79 Å². The Morgan fingerprint density at radius 3 is 2.71 bits per heavy atom. The normalized spacial score (nSPS) is 27.6. The van der Waals surface area contributed by atoms with Crippen LogP contribution in [0.15, 0.2) is 0 Å². The predicted octanol–water partition coefficient (Wildman–Crippen LogP) is 2.29. The van der Waals surface area contributed by atoms with Crippen molar-refractivity contribution in [2.24, 2.45) is 11.7 Å². The maximum Gasteiger partial charge on any atom is 0.224 e. The van der Waals surface area contributed by atoms with Crippen LogP contribution in [0.1, 0.15) is 58.3 Å². The maximum absolute atomic E-state index is 12.3. The highest BCUT2D eigenvalue weighted by atomic mass is 16.2. The summed E-state index contributed by atoms with van der Waals surface area (Å²) in [6.07, 6.45) is 9.01. The Morgan fingerprint density at radius 2 is 2.06 bits per heavy atom. The van der Waals surface area contributed by atoms with Crippen LogP contribution < -0.4 is 5.73 Å². The van der Waals surface area contributed by atoms with Crippen molar-refractivity contribution in [1.29, 1.82) is 0 Å². The highest BCUT2D eigenvalue weighted by Gasteiger charge is 2.32. The molecule has 0 unspecified atom stereocenters. The first kappa shape index (κ1) is 12.9. The molecule has 0 aromatic heterocycles. The summed E-state index contributed by atoms with van der Waals surface area (Å²) in [6.45, 7) is 3.14. The number of nitrogens with zero attached hydrogens (tertiary/aromatic N) is 1. The van der Waals surface area contributed by atoms with E-state index in [-0.39, 0.29) is 6.04 Å². The predicted molar refractivity (Wildman–Crippen MR) is 69.6 cm³/mol. The van der Waals surface area contributed by atoms with Gasteiger partial charge in [0.05, 0.1) is 0 Å². The van der Waals surface area contributed by atoms with Crippen LogP contribution in [0.3, 0.4) is 0 Å². The highest BCUT2D eigenvalue weighted by Crippen LogP contribution is 2.33. The minimum atomic E-state index is 0.114. The van der Waals surface area contributed by atoms with Gasteiger partial charge < -0.3 is 10.6 Å². The lowest BCUT2D eigenvalue weighted by atomic mass is 10.1. The van der Waals surface area contributed by atoms with Crippen molar-refractivity contribution < 1.29 is 4.79 Å². The summed E-state index contributed by atoms with van der Waals surface area (Å²) < 4.78 is 0. The molecule has 3 nitrogen and oxygen atoms in total. The molecule has 3 heteroatoms. The van der Waals surface area contributed by atoms with E-state index >= 15 is 0 Å². The topological polar surface area (TPSA) is 46.3 Å². The second-order valence-corrected chi connectivity index (χ2v) is 5.70. The molecule has 17 heavy (non-hydrogen) atoms. The molecule has 1 saturated heterocycles. The zero-order valence-corrected chi connectivity index (χ0v) is 11.0. The summed E-state index contributed by atoms with van der Waals surface area (Å²) >= 11 is 0. The summed E-state index contributed by atoms with van der Waals surface area (Å²) in [5.74, 6) is 0.934. The average molecular weight is 238 g/mol. The molecule has 2 fully saturated rings. The molecule has 1 amide bonds. The number of rotatable bonds is 4. The smallest absolute Gasteiger partial charge is 0.224 e. The molecule has 0 aromatic rings. The maximum atomic E-state index is 12.3. The van der Waals surface area contributed by atoms with Crippen LogP contribution in [0.25, 0.3) is 0 Å². The number of carbonyl (C=O) groups excluding carboxylic acids is 1. The van der Waals surface area contributed by atoms with Crippen LogP contribution in [0.4, 0.5) is 0 Å². The van der Waals surface area contributed by atoms with Gasteiger partial charge in [0.25, 0.3) is 0 Å². The Labute approximate surface area is 105 Å². The van der Waals surface area contributed by atoms with Crippen LogP contribution in [-0.4, -0.2) is 29.4 Å². The van der Waals surface area contributed by atoms with Gasteiger partial charge in [-0.1, -0.05) is 19.8 Å². The van der Waals surface area contributed by atoms with Crippen LogP contribution in [0.5, 0.6) is 0 Å². The van der Waals surface area contributed by atoms with Gasteiger partial charge in [0, 0.05) is 25.0 Å². The van der Waals surface area contributed by atoms with Gasteiger partial charge in [0.1, 0.15) is 0 Å². The van der Waals surface area contributed by atoms with Crippen molar-refractivity contribution in [2.75, 3.05) is 6.54 Å². The van der Waals surface area contributed by atoms with Crippen LogP contribution in [0, 0.1) is 5.92 Å². The minimum Gasteiger partial charge on any atom is -0.340 e. The Hall–Kier alpha value is -0.570. The molecule has 1 saturated carbocycles. The monoisotopic (exact) mass is 238 g/mol. The van der Waals surface area contributed by atoms with Crippen molar-refractivity contribution in [2.45, 2.75) is 70.4 Å². The van der Waals surface area contributed by atoms with Crippen molar-refractivity contribution in [1.82, 2.24) is 4.90 Å². The van der Waals surface area contributed by atoms with Gasteiger partial charge in [0.2, 0.25) is 5.91 Å². The Balaban J connectivity index is 1.89. The number of nitrogens with two attached hydrogens (primary N) is 1. The van der Waals surface area contributed by atoms with Gasteiger partial charge in [-0.2, -0.15) is 0 Å². The van der Waals surface area contributed by atoms with E-state index in [1.54, 1.807) is 0 Å². The van der Waals surface area contributed by atoms with E-state index in [0.29, 0.717) is 24.3 Å². The quantitative estimate of drug-likeness (QED) is 0.817. The van der Waals surface area contributed by atoms with Crippen molar-refractivity contribution in [3.63, 3.8) is 0 Å². The third-order valence-electron chi connectivity index (χ3n) is 4.31. The number of hydrogen-bond donors (Lipinski definition) is 1. The molecule has 2 atom stereocenters. The van der Waals surface area contributed by atoms with Crippen molar-refractivity contribution >= 4 is 5.91 Å². The van der Waals surface area contributed by atoms with Gasteiger partial charge in [0.15, 0.2) is 0 Å². The minimum absolute atomic E-state index is 0.114. The van der Waals surface area contributed by atoms with E-state index in [0.717, 1.165) is 13.0 Å². The fourth-order valence-corrected chi connectivity index (χ4v) is 2.94. The van der Waals surface area contributed by atoms with Gasteiger partial charge in [-0.25, -0.2) is 0 Å². The number of amides is 1. The molecule has 2 N–H and O–H groups in total. The van der Waals surface area contributed by atoms with Gasteiger partial charge in [-0.15, -0.1) is 0 Å². The molecule has 1 aliphatic heterocycles. The number of hydrogen-bond acceptors (Lipinski definition) is 2. The summed E-state index contributed by atoms with van der Waals surface area (Å²) in [4.78, 5) is 14.4. The molecule has 0 spiro atoms. The largest absolute Gasteiger partial charge is 0.340 e. The Kier molecular flexibility index (Phi) is 4.43. The first-order valence-electron chi connectivity index (χ1n) is 7.27. The molecular formula is C14H26N2O. The van der Waals surface area contributed by atoms with Crippen LogP contribution >= 0.6 is 0 Å². The molecule has 98 valence electrons. The van der Waals surface area contributed by atoms with Crippen LogP contribution in [0.2, 0.25) is 0 Å². The van der Waals surface area contributed by atoms with E-state index < -0.39 is 0 Å². The second kappa shape index (κ2) is 5.85. The summed E-state index contributed by atoms with van der Waals surface area (Å²) in [5, 5.41) is 0. The van der Waals surface area contributed by atoms with Crippen molar-refractivity contribution in [3.8, 4) is 0 Å². The first-order chi connectivity index (χ1) is 8.22. The average Bonchev–Trinajstić information content (AvgIpc) is 3.15. The van der Waals surface area contributed by atoms with Gasteiger partial charge in [-0.05, 0) is 38.0 Å². The van der Waals surface area contributed by atoms with Gasteiger partial charge in [-0.3, -0.25) is 4.79 Å². The van der Waals surface area contributed by atoms with E-state index in [1.165, 1.54) is 38.5 Å². The Bertz CT molecular complexity index is 263. The molecule has 1 heterocycles. The van der Waals surface area contributed by atoms with Gasteiger partial charge >= 0.3 is 0 Å². The summed E-state index contributed by atoms with van der Waals surface area (Å²) in [5.41, 5.74) is 6.07. The molecule has 0 bridgehead atoms. The second-order valence-electron chi connectivity index (χ2n) is 5.70. The molecule has 1 aliphatic carbocycles. The third-order valence-corrected chi connectivity index (χ3v) is 4.31.